The Morgan fingerprint density at radius 1 is 1.24 bits per heavy atom. The minimum atomic E-state index is -0.962. The lowest BCUT2D eigenvalue weighted by Crippen LogP contribution is -2.22. The molecule has 112 valence electrons. The molecule has 2 rings (SSSR count). The lowest BCUT2D eigenvalue weighted by atomic mass is 9.82. The van der Waals surface area contributed by atoms with Gasteiger partial charge in [-0.05, 0) is 43.9 Å². The lowest BCUT2D eigenvalue weighted by molar-refractivity contribution is 0.0691. The molecule has 1 aromatic heterocycles. The molecule has 21 heavy (non-hydrogen) atoms. The van der Waals surface area contributed by atoms with E-state index in [1.807, 2.05) is 0 Å². The molecule has 0 aliphatic heterocycles. The molecule has 0 aliphatic rings. The third-order valence-electron chi connectivity index (χ3n) is 3.76. The molecule has 1 N–H and O–H groups in total. The number of aromatic nitrogens is 1. The van der Waals surface area contributed by atoms with Gasteiger partial charge in [0.05, 0.1) is 5.01 Å². The highest BCUT2D eigenvalue weighted by molar-refractivity contribution is 7.10. The number of aryl methyl sites for hydroxylation is 3. The smallest absolute Gasteiger partial charge is 0.355 e. The van der Waals surface area contributed by atoms with Crippen LogP contribution in [0.3, 0.4) is 0 Å². The number of hydrogen-bond acceptors (Lipinski definition) is 3. The molecule has 0 amide bonds. The van der Waals surface area contributed by atoms with Crippen LogP contribution in [0.5, 0.6) is 0 Å². The minimum absolute atomic E-state index is 0.139. The van der Waals surface area contributed by atoms with Crippen LogP contribution < -0.4 is 0 Å². The summed E-state index contributed by atoms with van der Waals surface area (Å²) in [4.78, 5) is 15.3. The molecule has 0 aliphatic carbocycles. The topological polar surface area (TPSA) is 50.2 Å². The van der Waals surface area contributed by atoms with Crippen molar-refractivity contribution in [3.05, 3.63) is 50.5 Å². The van der Waals surface area contributed by atoms with E-state index >= 15 is 0 Å². The molecule has 1 aromatic carbocycles. The van der Waals surface area contributed by atoms with E-state index in [4.69, 9.17) is 5.11 Å². The molecule has 0 saturated heterocycles. The van der Waals surface area contributed by atoms with Gasteiger partial charge in [0.1, 0.15) is 0 Å². The van der Waals surface area contributed by atoms with Crippen LogP contribution in [-0.4, -0.2) is 16.1 Å². The summed E-state index contributed by atoms with van der Waals surface area (Å²) in [6.07, 6.45) is 0.859. The van der Waals surface area contributed by atoms with Crippen molar-refractivity contribution >= 4 is 17.3 Å². The highest BCUT2D eigenvalue weighted by Crippen LogP contribution is 2.32. The number of carboxylic acids is 1. The van der Waals surface area contributed by atoms with E-state index in [0.29, 0.717) is 0 Å². The Labute approximate surface area is 129 Å². The van der Waals surface area contributed by atoms with Crippen LogP contribution in [0.25, 0.3) is 0 Å². The van der Waals surface area contributed by atoms with Crippen LogP contribution in [0.2, 0.25) is 0 Å². The van der Waals surface area contributed by atoms with Crippen molar-refractivity contribution < 1.29 is 9.90 Å². The van der Waals surface area contributed by atoms with Gasteiger partial charge in [-0.2, -0.15) is 0 Å². The number of nitrogens with zero attached hydrogens (tertiary/aromatic N) is 1. The number of carbonyl (C=O) groups is 1. The van der Waals surface area contributed by atoms with Crippen molar-refractivity contribution in [1.82, 2.24) is 4.98 Å². The summed E-state index contributed by atoms with van der Waals surface area (Å²) in [5.41, 5.74) is 5.14. The number of carboxylic acid groups (broad SMARTS) is 1. The summed E-state index contributed by atoms with van der Waals surface area (Å²) in [5.74, 6) is -0.962. The standard InChI is InChI=1S/C17H21NO2S/c1-10-6-11(2)13(12(3)7-10)8-17(4,5)16-18-14(9-21-16)15(19)20/h6-7,9H,8H2,1-5H3,(H,19,20). The van der Waals surface area contributed by atoms with Crippen LogP contribution in [0.1, 0.15) is 51.6 Å². The van der Waals surface area contributed by atoms with Crippen LogP contribution in [-0.2, 0) is 11.8 Å². The minimum Gasteiger partial charge on any atom is -0.476 e. The van der Waals surface area contributed by atoms with Gasteiger partial charge in [-0.1, -0.05) is 31.5 Å². The predicted molar refractivity (Wildman–Crippen MR) is 86.5 cm³/mol. The van der Waals surface area contributed by atoms with Gasteiger partial charge >= 0.3 is 5.97 Å². The maximum Gasteiger partial charge on any atom is 0.355 e. The van der Waals surface area contributed by atoms with Gasteiger partial charge in [0.2, 0.25) is 0 Å². The third-order valence-corrected chi connectivity index (χ3v) is 4.97. The summed E-state index contributed by atoms with van der Waals surface area (Å²) < 4.78 is 0. The number of rotatable bonds is 4. The largest absolute Gasteiger partial charge is 0.476 e. The molecule has 0 atom stereocenters. The van der Waals surface area contributed by atoms with Gasteiger partial charge in [-0.25, -0.2) is 9.78 Å². The van der Waals surface area contributed by atoms with Gasteiger partial charge in [-0.15, -0.1) is 11.3 Å². The summed E-state index contributed by atoms with van der Waals surface area (Å²) in [5, 5.41) is 11.5. The molecule has 0 saturated carbocycles. The fraction of sp³-hybridized carbons (Fsp3) is 0.412. The Morgan fingerprint density at radius 3 is 2.29 bits per heavy atom. The molecule has 0 fully saturated rings. The number of aromatic carboxylic acids is 1. The number of thiazole rings is 1. The lowest BCUT2D eigenvalue weighted by Gasteiger charge is -2.24. The van der Waals surface area contributed by atoms with E-state index in [0.717, 1.165) is 11.4 Å². The normalized spacial score (nSPS) is 11.7. The molecule has 1 heterocycles. The molecule has 0 unspecified atom stereocenters. The second-order valence-electron chi connectivity index (χ2n) is 6.28. The first-order chi connectivity index (χ1) is 9.70. The second kappa shape index (κ2) is 5.60. The molecule has 4 heteroatoms. The summed E-state index contributed by atoms with van der Waals surface area (Å²) in [6, 6.07) is 4.39. The van der Waals surface area contributed by atoms with E-state index in [1.54, 1.807) is 5.38 Å². The summed E-state index contributed by atoms with van der Waals surface area (Å²) >= 11 is 1.43. The molecular formula is C17H21NO2S. The van der Waals surface area contributed by atoms with Crippen LogP contribution in [0, 0.1) is 20.8 Å². The van der Waals surface area contributed by atoms with E-state index in [1.165, 1.54) is 33.6 Å². The Balaban J connectivity index is 2.34. The van der Waals surface area contributed by atoms with Crippen molar-refractivity contribution in [2.75, 3.05) is 0 Å². The zero-order chi connectivity index (χ0) is 15.8. The van der Waals surface area contributed by atoms with E-state index < -0.39 is 5.97 Å². The van der Waals surface area contributed by atoms with Crippen molar-refractivity contribution in [3.63, 3.8) is 0 Å². The van der Waals surface area contributed by atoms with Gasteiger partial charge in [0, 0.05) is 10.8 Å². The van der Waals surface area contributed by atoms with Crippen molar-refractivity contribution in [2.45, 2.75) is 46.5 Å². The zero-order valence-electron chi connectivity index (χ0n) is 13.2. The second-order valence-corrected chi connectivity index (χ2v) is 7.14. The Morgan fingerprint density at radius 2 is 1.81 bits per heavy atom. The average Bonchev–Trinajstić information content (AvgIpc) is 2.84. The first-order valence-electron chi connectivity index (χ1n) is 6.97. The Bertz CT molecular complexity index is 663. The third kappa shape index (κ3) is 3.32. The monoisotopic (exact) mass is 303 g/mol. The highest BCUT2D eigenvalue weighted by Gasteiger charge is 2.27. The first-order valence-corrected chi connectivity index (χ1v) is 7.84. The van der Waals surface area contributed by atoms with Crippen molar-refractivity contribution in [2.24, 2.45) is 0 Å². The van der Waals surface area contributed by atoms with Crippen LogP contribution in [0.4, 0.5) is 0 Å². The molecule has 0 radical (unpaired) electrons. The van der Waals surface area contributed by atoms with Gasteiger partial charge in [-0.3, -0.25) is 0 Å². The predicted octanol–water partition coefficient (Wildman–Crippen LogP) is 4.29. The average molecular weight is 303 g/mol. The summed E-state index contributed by atoms with van der Waals surface area (Å²) in [7, 11) is 0. The number of benzene rings is 1. The first kappa shape index (κ1) is 15.7. The fourth-order valence-electron chi connectivity index (χ4n) is 2.69. The zero-order valence-corrected chi connectivity index (χ0v) is 14.0. The quantitative estimate of drug-likeness (QED) is 0.916. The fourth-order valence-corrected chi connectivity index (χ4v) is 3.61. The van der Waals surface area contributed by atoms with Gasteiger partial charge in [0.25, 0.3) is 0 Å². The van der Waals surface area contributed by atoms with Gasteiger partial charge in [0.15, 0.2) is 5.69 Å². The molecular weight excluding hydrogens is 282 g/mol. The van der Waals surface area contributed by atoms with Crippen LogP contribution >= 0.6 is 11.3 Å². The molecule has 0 bridgehead atoms. The maximum absolute atomic E-state index is 11.0. The SMILES string of the molecule is Cc1cc(C)c(CC(C)(C)c2nc(C(=O)O)cs2)c(C)c1. The molecule has 2 aromatic rings. The highest BCUT2D eigenvalue weighted by atomic mass is 32.1. The van der Waals surface area contributed by atoms with E-state index in [-0.39, 0.29) is 11.1 Å². The Kier molecular flexibility index (Phi) is 4.19. The van der Waals surface area contributed by atoms with Crippen LogP contribution in [0.15, 0.2) is 17.5 Å². The number of hydrogen-bond donors (Lipinski definition) is 1. The van der Waals surface area contributed by atoms with Crippen molar-refractivity contribution in [3.8, 4) is 0 Å². The van der Waals surface area contributed by atoms with E-state index in [2.05, 4.69) is 51.7 Å². The molecule has 3 nitrogen and oxygen atoms in total. The summed E-state index contributed by atoms with van der Waals surface area (Å²) in [6.45, 7) is 10.6. The Hall–Kier alpha value is -1.68. The van der Waals surface area contributed by atoms with Gasteiger partial charge < -0.3 is 5.11 Å². The maximum atomic E-state index is 11.0. The van der Waals surface area contributed by atoms with E-state index in [9.17, 15) is 4.79 Å². The molecule has 0 spiro atoms. The van der Waals surface area contributed by atoms with Crippen molar-refractivity contribution in [1.29, 1.82) is 0 Å².